The van der Waals surface area contributed by atoms with Gasteiger partial charge in [-0.15, -0.1) is 0 Å². The maximum absolute atomic E-state index is 9.40. The maximum Gasteiger partial charge on any atom is 0.109 e. The number of hydrogen-bond acceptors (Lipinski definition) is 3. The molecule has 1 saturated heterocycles. The highest BCUT2D eigenvalue weighted by molar-refractivity contribution is 5.13. The third-order valence-electron chi connectivity index (χ3n) is 4.13. The first-order valence-electron chi connectivity index (χ1n) is 6.77. The van der Waals surface area contributed by atoms with Gasteiger partial charge in [-0.25, -0.2) is 4.98 Å². The molecule has 2 aliphatic rings. The lowest BCUT2D eigenvalue weighted by atomic mass is 9.95. The van der Waals surface area contributed by atoms with Crippen LogP contribution in [-0.2, 0) is 6.42 Å². The highest BCUT2D eigenvalue weighted by Crippen LogP contribution is 2.29. The van der Waals surface area contributed by atoms with Crippen LogP contribution in [0.5, 0.6) is 0 Å². The molecule has 0 saturated carbocycles. The molecule has 94 valence electrons. The van der Waals surface area contributed by atoms with E-state index in [0.29, 0.717) is 5.92 Å². The third-order valence-corrected chi connectivity index (χ3v) is 4.13. The standard InChI is InChI=1S/C13H21N3O/c17-9-11-2-1-3-13-15-12(8-16(11)13)10-4-6-14-7-5-10/h8,10-11,14,17H,1-7,9H2. The molecule has 2 aliphatic heterocycles. The van der Waals surface area contributed by atoms with E-state index in [9.17, 15) is 5.11 Å². The number of aryl methyl sites for hydroxylation is 1. The van der Waals surface area contributed by atoms with Crippen molar-refractivity contribution in [2.75, 3.05) is 19.7 Å². The summed E-state index contributed by atoms with van der Waals surface area (Å²) in [6, 6.07) is 0.265. The van der Waals surface area contributed by atoms with Crippen LogP contribution in [0.1, 0.15) is 49.2 Å². The monoisotopic (exact) mass is 235 g/mol. The van der Waals surface area contributed by atoms with Gasteiger partial charge in [-0.05, 0) is 38.8 Å². The first kappa shape index (κ1) is 11.2. The fourth-order valence-corrected chi connectivity index (χ4v) is 3.08. The van der Waals surface area contributed by atoms with Crippen LogP contribution in [0.15, 0.2) is 6.20 Å². The first-order valence-corrected chi connectivity index (χ1v) is 6.77. The zero-order valence-electron chi connectivity index (χ0n) is 10.2. The van der Waals surface area contributed by atoms with Crippen LogP contribution in [0.3, 0.4) is 0 Å². The molecular weight excluding hydrogens is 214 g/mol. The van der Waals surface area contributed by atoms with E-state index in [0.717, 1.165) is 32.4 Å². The maximum atomic E-state index is 9.40. The minimum absolute atomic E-state index is 0.245. The summed E-state index contributed by atoms with van der Waals surface area (Å²) in [6.07, 6.45) is 7.91. The molecule has 1 fully saturated rings. The second kappa shape index (κ2) is 4.78. The molecule has 3 heterocycles. The van der Waals surface area contributed by atoms with Crippen molar-refractivity contribution in [3.05, 3.63) is 17.7 Å². The smallest absolute Gasteiger partial charge is 0.109 e. The number of aliphatic hydroxyl groups excluding tert-OH is 1. The van der Waals surface area contributed by atoms with Crippen LogP contribution >= 0.6 is 0 Å². The zero-order valence-corrected chi connectivity index (χ0v) is 10.2. The average Bonchev–Trinajstić information content (AvgIpc) is 2.83. The van der Waals surface area contributed by atoms with Gasteiger partial charge in [-0.3, -0.25) is 0 Å². The van der Waals surface area contributed by atoms with Gasteiger partial charge >= 0.3 is 0 Å². The molecule has 0 bridgehead atoms. The number of rotatable bonds is 2. The summed E-state index contributed by atoms with van der Waals surface area (Å²) in [7, 11) is 0. The average molecular weight is 235 g/mol. The molecular formula is C13H21N3O. The van der Waals surface area contributed by atoms with Crippen LogP contribution < -0.4 is 5.32 Å². The van der Waals surface area contributed by atoms with E-state index in [1.54, 1.807) is 0 Å². The minimum atomic E-state index is 0.245. The fourth-order valence-electron chi connectivity index (χ4n) is 3.08. The van der Waals surface area contributed by atoms with Crippen molar-refractivity contribution in [1.82, 2.24) is 14.9 Å². The lowest BCUT2D eigenvalue weighted by Crippen LogP contribution is -2.26. The van der Waals surface area contributed by atoms with Crippen molar-refractivity contribution in [3.8, 4) is 0 Å². The van der Waals surface area contributed by atoms with Gasteiger partial charge in [0.1, 0.15) is 5.82 Å². The molecule has 4 nitrogen and oxygen atoms in total. The molecule has 1 aromatic heterocycles. The number of imidazole rings is 1. The van der Waals surface area contributed by atoms with Crippen molar-refractivity contribution in [2.24, 2.45) is 0 Å². The van der Waals surface area contributed by atoms with Crippen LogP contribution in [0.25, 0.3) is 0 Å². The van der Waals surface area contributed by atoms with Gasteiger partial charge < -0.3 is 15.0 Å². The van der Waals surface area contributed by atoms with Crippen molar-refractivity contribution in [2.45, 2.75) is 44.1 Å². The first-order chi connectivity index (χ1) is 8.38. The van der Waals surface area contributed by atoms with Gasteiger partial charge in [0.05, 0.1) is 18.3 Å². The summed E-state index contributed by atoms with van der Waals surface area (Å²) >= 11 is 0. The van der Waals surface area contributed by atoms with Crippen molar-refractivity contribution in [3.63, 3.8) is 0 Å². The molecule has 1 unspecified atom stereocenters. The Morgan fingerprint density at radius 1 is 1.35 bits per heavy atom. The van der Waals surface area contributed by atoms with Gasteiger partial charge in [0.25, 0.3) is 0 Å². The largest absolute Gasteiger partial charge is 0.394 e. The fraction of sp³-hybridized carbons (Fsp3) is 0.769. The van der Waals surface area contributed by atoms with E-state index in [1.807, 2.05) is 0 Å². The summed E-state index contributed by atoms with van der Waals surface area (Å²) in [6.45, 7) is 2.46. The Bertz CT molecular complexity index is 382. The number of piperidine rings is 1. The summed E-state index contributed by atoms with van der Waals surface area (Å²) in [5.74, 6) is 1.80. The lowest BCUT2D eigenvalue weighted by Gasteiger charge is -2.23. The molecule has 1 atom stereocenters. The molecule has 0 aromatic carbocycles. The van der Waals surface area contributed by atoms with Crippen LogP contribution in [0, 0.1) is 0 Å². The third kappa shape index (κ3) is 2.11. The summed E-state index contributed by atoms with van der Waals surface area (Å²) < 4.78 is 2.22. The highest BCUT2D eigenvalue weighted by Gasteiger charge is 2.24. The number of nitrogens with one attached hydrogen (secondary N) is 1. The Kier molecular flexibility index (Phi) is 3.16. The second-order valence-electron chi connectivity index (χ2n) is 5.24. The lowest BCUT2D eigenvalue weighted by molar-refractivity contribution is 0.206. The Balaban J connectivity index is 1.84. The van der Waals surface area contributed by atoms with Gasteiger partial charge in [0, 0.05) is 18.5 Å². The van der Waals surface area contributed by atoms with Crippen molar-refractivity contribution >= 4 is 0 Å². The molecule has 0 spiro atoms. The summed E-state index contributed by atoms with van der Waals surface area (Å²) in [4.78, 5) is 4.80. The van der Waals surface area contributed by atoms with E-state index in [1.165, 1.54) is 24.4 Å². The molecule has 0 amide bonds. The van der Waals surface area contributed by atoms with E-state index in [-0.39, 0.29) is 12.6 Å². The predicted molar refractivity (Wildman–Crippen MR) is 66.1 cm³/mol. The van der Waals surface area contributed by atoms with E-state index in [2.05, 4.69) is 16.1 Å². The molecule has 1 aromatic rings. The van der Waals surface area contributed by atoms with E-state index >= 15 is 0 Å². The Hall–Kier alpha value is -0.870. The Morgan fingerprint density at radius 3 is 2.94 bits per heavy atom. The van der Waals surface area contributed by atoms with Crippen LogP contribution in [0.4, 0.5) is 0 Å². The summed E-state index contributed by atoms with van der Waals surface area (Å²) in [5, 5.41) is 12.8. The number of aliphatic hydroxyl groups is 1. The van der Waals surface area contributed by atoms with E-state index < -0.39 is 0 Å². The predicted octanol–water partition coefficient (Wildman–Crippen LogP) is 1.22. The zero-order chi connectivity index (χ0) is 11.7. The van der Waals surface area contributed by atoms with Gasteiger partial charge in [0.2, 0.25) is 0 Å². The molecule has 2 N–H and O–H groups in total. The quantitative estimate of drug-likeness (QED) is 0.810. The topological polar surface area (TPSA) is 50.1 Å². The molecule has 4 heteroatoms. The SMILES string of the molecule is OCC1CCCc2nc(C3CCNCC3)cn21. The molecule has 17 heavy (non-hydrogen) atoms. The van der Waals surface area contributed by atoms with Crippen LogP contribution in [0.2, 0.25) is 0 Å². The van der Waals surface area contributed by atoms with Crippen molar-refractivity contribution < 1.29 is 5.11 Å². The second-order valence-corrected chi connectivity index (χ2v) is 5.24. The number of aromatic nitrogens is 2. The Labute approximate surface area is 102 Å². The number of hydrogen-bond donors (Lipinski definition) is 2. The molecule has 0 radical (unpaired) electrons. The molecule has 0 aliphatic carbocycles. The van der Waals surface area contributed by atoms with Crippen LogP contribution in [-0.4, -0.2) is 34.4 Å². The highest BCUT2D eigenvalue weighted by atomic mass is 16.3. The van der Waals surface area contributed by atoms with Gasteiger partial charge in [0.15, 0.2) is 0 Å². The van der Waals surface area contributed by atoms with Gasteiger partial charge in [-0.2, -0.15) is 0 Å². The van der Waals surface area contributed by atoms with Crippen molar-refractivity contribution in [1.29, 1.82) is 0 Å². The number of nitrogens with zero attached hydrogens (tertiary/aromatic N) is 2. The Morgan fingerprint density at radius 2 is 2.18 bits per heavy atom. The minimum Gasteiger partial charge on any atom is -0.394 e. The normalized spacial score (nSPS) is 25.8. The summed E-state index contributed by atoms with van der Waals surface area (Å²) in [5.41, 5.74) is 1.25. The van der Waals surface area contributed by atoms with E-state index in [4.69, 9.17) is 4.98 Å². The molecule has 3 rings (SSSR count). The van der Waals surface area contributed by atoms with Gasteiger partial charge in [-0.1, -0.05) is 0 Å². The number of fused-ring (bicyclic) bond motifs is 1.